The molecule has 0 N–H and O–H groups in total. The fraction of sp³-hybridized carbons (Fsp3) is 0.333. The zero-order valence-corrected chi connectivity index (χ0v) is 15.3. The summed E-state index contributed by atoms with van der Waals surface area (Å²) in [5, 5.41) is 0. The third-order valence-corrected chi connectivity index (χ3v) is 5.05. The van der Waals surface area contributed by atoms with Crippen molar-refractivity contribution < 1.29 is 23.5 Å². The molecule has 0 radical (unpaired) electrons. The SMILES string of the molecule is O=C(COCc1ccccc1)N1CC[C@H]2COC(=O)N2c2cc(F)ccc2C1. The van der Waals surface area contributed by atoms with Gasteiger partial charge < -0.3 is 14.4 Å². The molecule has 7 heteroatoms. The van der Waals surface area contributed by atoms with Crippen LogP contribution < -0.4 is 4.90 Å². The molecule has 2 aliphatic rings. The molecule has 2 heterocycles. The van der Waals surface area contributed by atoms with Crippen molar-refractivity contribution in [2.45, 2.75) is 25.6 Å². The minimum Gasteiger partial charge on any atom is -0.447 e. The Balaban J connectivity index is 1.48. The number of benzene rings is 2. The second-order valence-electron chi connectivity index (χ2n) is 6.96. The molecule has 2 aromatic carbocycles. The first-order valence-corrected chi connectivity index (χ1v) is 9.25. The van der Waals surface area contributed by atoms with Gasteiger partial charge in [-0.15, -0.1) is 0 Å². The van der Waals surface area contributed by atoms with Crippen LogP contribution in [-0.4, -0.2) is 42.7 Å². The van der Waals surface area contributed by atoms with Gasteiger partial charge in [0.05, 0.1) is 18.3 Å². The number of carbonyl (C=O) groups is 2. The highest BCUT2D eigenvalue weighted by Crippen LogP contribution is 2.32. The number of cyclic esters (lactones) is 1. The first kappa shape index (κ1) is 18.4. The van der Waals surface area contributed by atoms with E-state index in [9.17, 15) is 14.0 Å². The molecule has 1 fully saturated rings. The van der Waals surface area contributed by atoms with E-state index in [0.29, 0.717) is 37.4 Å². The number of hydrogen-bond acceptors (Lipinski definition) is 4. The highest BCUT2D eigenvalue weighted by molar-refractivity contribution is 5.91. The van der Waals surface area contributed by atoms with Crippen LogP contribution in [0.5, 0.6) is 0 Å². The average Bonchev–Trinajstić information content (AvgIpc) is 3.05. The monoisotopic (exact) mass is 384 g/mol. The lowest BCUT2D eigenvalue weighted by atomic mass is 10.1. The quantitative estimate of drug-likeness (QED) is 0.813. The number of halogens is 1. The molecule has 0 spiro atoms. The summed E-state index contributed by atoms with van der Waals surface area (Å²) in [5.74, 6) is -0.563. The first-order chi connectivity index (χ1) is 13.6. The number of nitrogens with zero attached hydrogens (tertiary/aromatic N) is 2. The summed E-state index contributed by atoms with van der Waals surface area (Å²) in [4.78, 5) is 28.0. The topological polar surface area (TPSA) is 59.1 Å². The molecule has 28 heavy (non-hydrogen) atoms. The Morgan fingerprint density at radius 3 is 2.86 bits per heavy atom. The molecule has 2 amide bonds. The van der Waals surface area contributed by atoms with Crippen LogP contribution >= 0.6 is 0 Å². The van der Waals surface area contributed by atoms with E-state index in [2.05, 4.69) is 0 Å². The lowest BCUT2D eigenvalue weighted by Gasteiger charge is -2.32. The molecule has 2 aliphatic heterocycles. The molecule has 0 aromatic heterocycles. The second kappa shape index (κ2) is 7.98. The Hall–Kier alpha value is -2.93. The van der Waals surface area contributed by atoms with Crippen molar-refractivity contribution in [3.63, 3.8) is 0 Å². The fourth-order valence-corrected chi connectivity index (χ4v) is 3.59. The summed E-state index contributed by atoms with van der Waals surface area (Å²) >= 11 is 0. The van der Waals surface area contributed by atoms with Gasteiger partial charge in [-0.2, -0.15) is 0 Å². The van der Waals surface area contributed by atoms with Crippen molar-refractivity contribution in [3.05, 3.63) is 65.5 Å². The maximum Gasteiger partial charge on any atom is 0.414 e. The Morgan fingerprint density at radius 2 is 2.04 bits per heavy atom. The minimum atomic E-state index is -0.470. The summed E-state index contributed by atoms with van der Waals surface area (Å²) in [6.07, 6.45) is 0.0920. The third-order valence-electron chi connectivity index (χ3n) is 5.05. The molecule has 1 saturated heterocycles. The third kappa shape index (κ3) is 3.84. The normalized spacial score (nSPS) is 18.8. The maximum absolute atomic E-state index is 13.8. The number of hydrogen-bond donors (Lipinski definition) is 0. The highest BCUT2D eigenvalue weighted by Gasteiger charge is 2.37. The smallest absolute Gasteiger partial charge is 0.414 e. The van der Waals surface area contributed by atoms with Crippen LogP contribution in [0.15, 0.2) is 48.5 Å². The molecule has 6 nitrogen and oxygen atoms in total. The predicted molar refractivity (Wildman–Crippen MR) is 100 cm³/mol. The number of rotatable bonds is 4. The zero-order chi connectivity index (χ0) is 19.5. The Labute approximate surface area is 162 Å². The van der Waals surface area contributed by atoms with Crippen LogP contribution in [0.3, 0.4) is 0 Å². The molecule has 0 aliphatic carbocycles. The molecule has 146 valence electrons. The van der Waals surface area contributed by atoms with Gasteiger partial charge in [-0.1, -0.05) is 36.4 Å². The van der Waals surface area contributed by atoms with E-state index in [0.717, 1.165) is 5.56 Å². The standard InChI is InChI=1S/C21H21FN2O4/c22-17-7-6-16-11-23(20(25)14-27-12-15-4-2-1-3-5-15)9-8-18-13-28-21(26)24(18)19(16)10-17/h1-7,10,18H,8-9,11-14H2/t18-/m0/s1. The fourth-order valence-electron chi connectivity index (χ4n) is 3.59. The van der Waals surface area contributed by atoms with Gasteiger partial charge in [-0.05, 0) is 29.7 Å². The van der Waals surface area contributed by atoms with Gasteiger partial charge in [-0.25, -0.2) is 9.18 Å². The first-order valence-electron chi connectivity index (χ1n) is 9.25. The molecule has 2 aromatic rings. The zero-order valence-electron chi connectivity index (χ0n) is 15.3. The highest BCUT2D eigenvalue weighted by atomic mass is 19.1. The van der Waals surface area contributed by atoms with E-state index in [1.54, 1.807) is 11.0 Å². The molecule has 0 bridgehead atoms. The van der Waals surface area contributed by atoms with Crippen LogP contribution in [0.2, 0.25) is 0 Å². The lowest BCUT2D eigenvalue weighted by Crippen LogP contribution is -2.43. The van der Waals surface area contributed by atoms with E-state index >= 15 is 0 Å². The van der Waals surface area contributed by atoms with Crippen molar-refractivity contribution in [2.24, 2.45) is 0 Å². The van der Waals surface area contributed by atoms with Crippen LogP contribution in [0.25, 0.3) is 0 Å². The largest absolute Gasteiger partial charge is 0.447 e. The molecule has 0 unspecified atom stereocenters. The molecule has 1 atom stereocenters. The summed E-state index contributed by atoms with van der Waals surface area (Å²) < 4.78 is 24.5. The summed E-state index contributed by atoms with van der Waals surface area (Å²) in [7, 11) is 0. The van der Waals surface area contributed by atoms with E-state index < -0.39 is 11.9 Å². The summed E-state index contributed by atoms with van der Waals surface area (Å²) in [6, 6.07) is 13.7. The number of anilines is 1. The molecular formula is C21H21FN2O4. The average molecular weight is 384 g/mol. The van der Waals surface area contributed by atoms with E-state index in [1.807, 2.05) is 30.3 Å². The lowest BCUT2D eigenvalue weighted by molar-refractivity contribution is -0.137. The van der Waals surface area contributed by atoms with Gasteiger partial charge in [0.25, 0.3) is 0 Å². The van der Waals surface area contributed by atoms with Crippen molar-refractivity contribution in [2.75, 3.05) is 24.7 Å². The van der Waals surface area contributed by atoms with Crippen molar-refractivity contribution >= 4 is 17.7 Å². The van der Waals surface area contributed by atoms with Crippen molar-refractivity contribution in [1.29, 1.82) is 0 Å². The number of amides is 2. The number of fused-ring (bicyclic) bond motifs is 3. The van der Waals surface area contributed by atoms with Crippen LogP contribution in [-0.2, 0) is 27.4 Å². The van der Waals surface area contributed by atoms with Gasteiger partial charge in [0.15, 0.2) is 0 Å². The van der Waals surface area contributed by atoms with Crippen LogP contribution in [0.4, 0.5) is 14.9 Å². The predicted octanol–water partition coefficient (Wildman–Crippen LogP) is 3.10. The molecule has 4 rings (SSSR count). The van der Waals surface area contributed by atoms with Crippen molar-refractivity contribution in [3.8, 4) is 0 Å². The maximum atomic E-state index is 13.8. The Kier molecular flexibility index (Phi) is 5.25. The van der Waals surface area contributed by atoms with Gasteiger partial charge >= 0.3 is 6.09 Å². The van der Waals surface area contributed by atoms with Crippen LogP contribution in [0, 0.1) is 5.82 Å². The van der Waals surface area contributed by atoms with E-state index in [-0.39, 0.29) is 25.2 Å². The van der Waals surface area contributed by atoms with Gasteiger partial charge in [-0.3, -0.25) is 9.69 Å². The van der Waals surface area contributed by atoms with E-state index in [4.69, 9.17) is 9.47 Å². The number of carbonyl (C=O) groups excluding carboxylic acids is 2. The van der Waals surface area contributed by atoms with Crippen LogP contribution in [0.1, 0.15) is 17.5 Å². The van der Waals surface area contributed by atoms with Gasteiger partial charge in [0.2, 0.25) is 5.91 Å². The Bertz CT molecular complexity index is 874. The minimum absolute atomic E-state index is 0.0325. The molecular weight excluding hydrogens is 363 g/mol. The second-order valence-corrected chi connectivity index (χ2v) is 6.96. The number of ether oxygens (including phenoxy) is 2. The summed E-state index contributed by atoms with van der Waals surface area (Å²) in [6.45, 7) is 1.33. The van der Waals surface area contributed by atoms with E-state index in [1.165, 1.54) is 17.0 Å². The van der Waals surface area contributed by atoms with Crippen molar-refractivity contribution in [1.82, 2.24) is 4.90 Å². The molecule has 0 saturated carbocycles. The summed E-state index contributed by atoms with van der Waals surface area (Å²) in [5.41, 5.74) is 2.18. The van der Waals surface area contributed by atoms with Gasteiger partial charge in [0.1, 0.15) is 19.0 Å². The Morgan fingerprint density at radius 1 is 1.21 bits per heavy atom. The van der Waals surface area contributed by atoms with Gasteiger partial charge in [0, 0.05) is 13.1 Å².